The Morgan fingerprint density at radius 1 is 1.38 bits per heavy atom. The highest BCUT2D eigenvalue weighted by Gasteiger charge is 2.28. The van der Waals surface area contributed by atoms with E-state index in [0.717, 1.165) is 0 Å². The van der Waals surface area contributed by atoms with Crippen molar-refractivity contribution >= 4 is 13.8 Å². The van der Waals surface area contributed by atoms with Crippen molar-refractivity contribution in [3.8, 4) is 0 Å². The Morgan fingerprint density at radius 3 is 2.31 bits per heavy atom. The van der Waals surface area contributed by atoms with E-state index < -0.39 is 20.1 Å². The molecule has 0 saturated heterocycles. The second kappa shape index (κ2) is 7.57. The Hall–Kier alpha value is -0.680. The lowest BCUT2D eigenvalue weighted by atomic mass is 10.5. The predicted octanol–water partition coefficient (Wildman–Crippen LogP) is 2.26. The Morgan fingerprint density at radius 2 is 1.94 bits per heavy atom. The smallest absolute Gasteiger partial charge is 0.432 e. The molecular formula is C9H17O6P. The average molecular weight is 252 g/mol. The fourth-order valence-corrected chi connectivity index (χ4v) is 1.59. The number of hydrogen-bond donors (Lipinski definition) is 0. The second-order valence-corrected chi connectivity index (χ2v) is 4.53. The molecule has 94 valence electrons. The minimum Gasteiger partial charge on any atom is -0.432 e. The molecule has 0 bridgehead atoms. The monoisotopic (exact) mass is 252 g/mol. The number of carbonyl (C=O) groups is 1. The van der Waals surface area contributed by atoms with Crippen molar-refractivity contribution in [3.63, 3.8) is 0 Å². The van der Waals surface area contributed by atoms with Gasteiger partial charge in [0.1, 0.15) is 0 Å². The largest absolute Gasteiger partial charge is 0.477 e. The molecule has 1 atom stereocenters. The van der Waals surface area contributed by atoms with E-state index in [0.29, 0.717) is 6.42 Å². The van der Waals surface area contributed by atoms with E-state index in [4.69, 9.17) is 9.26 Å². The van der Waals surface area contributed by atoms with Crippen molar-refractivity contribution in [2.45, 2.75) is 26.6 Å². The van der Waals surface area contributed by atoms with Crippen LogP contribution in [0.5, 0.6) is 0 Å². The van der Waals surface area contributed by atoms with Crippen LogP contribution in [0.2, 0.25) is 0 Å². The summed E-state index contributed by atoms with van der Waals surface area (Å²) in [6, 6.07) is 0. The van der Waals surface area contributed by atoms with Crippen LogP contribution in [0.4, 0.5) is 0 Å². The molecule has 0 rings (SSSR count). The van der Waals surface area contributed by atoms with Crippen molar-refractivity contribution < 1.29 is 27.7 Å². The summed E-state index contributed by atoms with van der Waals surface area (Å²) < 4.78 is 30.5. The van der Waals surface area contributed by atoms with Gasteiger partial charge < -0.3 is 4.74 Å². The minimum atomic E-state index is -3.63. The Bertz CT molecular complexity index is 280. The molecule has 0 heterocycles. The van der Waals surface area contributed by atoms with Gasteiger partial charge >= 0.3 is 13.8 Å². The quantitative estimate of drug-likeness (QED) is 0.299. The lowest BCUT2D eigenvalue weighted by molar-refractivity contribution is -0.160. The number of ether oxygens (including phenoxy) is 1. The van der Waals surface area contributed by atoms with E-state index in [-0.39, 0.29) is 0 Å². The van der Waals surface area contributed by atoms with Crippen molar-refractivity contribution in [1.82, 2.24) is 0 Å². The van der Waals surface area contributed by atoms with E-state index in [9.17, 15) is 9.36 Å². The molecule has 0 fully saturated rings. The highest BCUT2D eigenvalue weighted by molar-refractivity contribution is 7.48. The molecule has 0 saturated carbocycles. The van der Waals surface area contributed by atoms with E-state index in [2.05, 4.69) is 9.05 Å². The van der Waals surface area contributed by atoms with Gasteiger partial charge in [-0.15, -0.1) is 0 Å². The first-order valence-electron chi connectivity index (χ1n) is 4.74. The molecule has 0 radical (unpaired) electrons. The first-order valence-corrected chi connectivity index (χ1v) is 6.20. The van der Waals surface area contributed by atoms with Gasteiger partial charge in [0.25, 0.3) is 0 Å². The number of esters is 1. The molecule has 0 aliphatic heterocycles. The zero-order valence-corrected chi connectivity index (χ0v) is 10.7. The molecule has 0 aromatic carbocycles. The minimum absolute atomic E-state index is 0.333. The van der Waals surface area contributed by atoms with Crippen LogP contribution in [-0.2, 0) is 27.7 Å². The number of phosphoric acid groups is 1. The number of carbonyl (C=O) groups excluding carboxylic acids is 1. The molecule has 6 nitrogen and oxygen atoms in total. The Balaban J connectivity index is 4.41. The maximum absolute atomic E-state index is 11.6. The SMILES string of the molecule is C/C=C/C(=O)OC(CC)OP(=O)(OC)OC. The third-order valence-electron chi connectivity index (χ3n) is 1.58. The summed E-state index contributed by atoms with van der Waals surface area (Å²) in [6.45, 7) is 3.39. The van der Waals surface area contributed by atoms with Gasteiger partial charge in [0, 0.05) is 26.7 Å². The lowest BCUT2D eigenvalue weighted by Crippen LogP contribution is -2.19. The number of hydrogen-bond acceptors (Lipinski definition) is 6. The number of rotatable bonds is 7. The third kappa shape index (κ3) is 5.42. The molecule has 1 unspecified atom stereocenters. The van der Waals surface area contributed by atoms with Crippen LogP contribution < -0.4 is 0 Å². The highest BCUT2D eigenvalue weighted by atomic mass is 31.2. The molecular weight excluding hydrogens is 235 g/mol. The maximum atomic E-state index is 11.6. The van der Waals surface area contributed by atoms with Crippen molar-refractivity contribution in [2.24, 2.45) is 0 Å². The van der Waals surface area contributed by atoms with E-state index in [1.165, 1.54) is 26.4 Å². The van der Waals surface area contributed by atoms with Crippen molar-refractivity contribution in [2.75, 3.05) is 14.2 Å². The van der Waals surface area contributed by atoms with E-state index in [1.807, 2.05) is 0 Å². The number of allylic oxidation sites excluding steroid dienone is 1. The predicted molar refractivity (Wildman–Crippen MR) is 57.7 cm³/mol. The van der Waals surface area contributed by atoms with Gasteiger partial charge in [-0.05, 0) is 6.92 Å². The molecule has 0 aliphatic rings. The zero-order chi connectivity index (χ0) is 12.6. The molecule has 0 amide bonds. The first-order chi connectivity index (χ1) is 7.51. The molecule has 0 spiro atoms. The van der Waals surface area contributed by atoms with E-state index in [1.54, 1.807) is 13.8 Å². The molecule has 7 heteroatoms. The summed E-state index contributed by atoms with van der Waals surface area (Å²) in [5.74, 6) is -0.576. The van der Waals surface area contributed by atoms with Crippen LogP contribution >= 0.6 is 7.82 Å². The summed E-state index contributed by atoms with van der Waals surface area (Å²) >= 11 is 0. The summed E-state index contributed by atoms with van der Waals surface area (Å²) in [4.78, 5) is 11.1. The topological polar surface area (TPSA) is 71.1 Å². The van der Waals surface area contributed by atoms with Crippen LogP contribution in [-0.4, -0.2) is 26.5 Å². The fraction of sp³-hybridized carbons (Fsp3) is 0.667. The van der Waals surface area contributed by atoms with Crippen LogP contribution in [0, 0.1) is 0 Å². The van der Waals surface area contributed by atoms with Gasteiger partial charge in [-0.2, -0.15) is 0 Å². The number of phosphoric ester groups is 1. The van der Waals surface area contributed by atoms with Gasteiger partial charge in [-0.3, -0.25) is 9.05 Å². The van der Waals surface area contributed by atoms with Crippen LogP contribution in [0.3, 0.4) is 0 Å². The van der Waals surface area contributed by atoms with Crippen molar-refractivity contribution in [1.29, 1.82) is 0 Å². The maximum Gasteiger partial charge on any atom is 0.477 e. The highest BCUT2D eigenvalue weighted by Crippen LogP contribution is 2.49. The molecule has 0 aromatic rings. The fourth-order valence-electron chi connectivity index (χ4n) is 0.789. The normalized spacial score (nSPS) is 14.0. The molecule has 16 heavy (non-hydrogen) atoms. The zero-order valence-electron chi connectivity index (χ0n) is 9.84. The summed E-state index contributed by atoms with van der Waals surface area (Å²) in [6.07, 6.45) is 2.13. The molecule has 0 N–H and O–H groups in total. The lowest BCUT2D eigenvalue weighted by Gasteiger charge is -2.20. The molecule has 0 aromatic heterocycles. The Kier molecular flexibility index (Phi) is 7.25. The first kappa shape index (κ1) is 15.3. The van der Waals surface area contributed by atoms with Gasteiger partial charge in [0.2, 0.25) is 6.29 Å². The average Bonchev–Trinajstić information content (AvgIpc) is 2.28. The summed E-state index contributed by atoms with van der Waals surface area (Å²) in [5, 5.41) is 0. The van der Waals surface area contributed by atoms with Crippen molar-refractivity contribution in [3.05, 3.63) is 12.2 Å². The van der Waals surface area contributed by atoms with Gasteiger partial charge in [0.15, 0.2) is 0 Å². The summed E-state index contributed by atoms with van der Waals surface area (Å²) in [7, 11) is -1.26. The standard InChI is InChI=1S/C9H17O6P/c1-5-7-8(10)14-9(6-2)15-16(11,12-3)13-4/h5,7,9H,6H2,1-4H3/b7-5+. The second-order valence-electron chi connectivity index (χ2n) is 2.69. The van der Waals surface area contributed by atoms with Crippen LogP contribution in [0.1, 0.15) is 20.3 Å². The summed E-state index contributed by atoms with van der Waals surface area (Å²) in [5.41, 5.74) is 0. The van der Waals surface area contributed by atoms with Gasteiger partial charge in [-0.25, -0.2) is 13.9 Å². The third-order valence-corrected chi connectivity index (χ3v) is 2.97. The van der Waals surface area contributed by atoms with Crippen LogP contribution in [0.25, 0.3) is 0 Å². The molecule has 0 aliphatic carbocycles. The Labute approximate surface area is 95.1 Å². The van der Waals surface area contributed by atoms with Gasteiger partial charge in [-0.1, -0.05) is 13.0 Å². The van der Waals surface area contributed by atoms with Gasteiger partial charge in [0.05, 0.1) is 0 Å². The van der Waals surface area contributed by atoms with Crippen LogP contribution in [0.15, 0.2) is 12.2 Å². The van der Waals surface area contributed by atoms with E-state index >= 15 is 0 Å².